The number of nitrogens with zero attached hydrogens (tertiary/aromatic N) is 2. The molecule has 0 radical (unpaired) electrons. The number of benzene rings is 2. The molecule has 2 heterocycles. The van der Waals surface area contributed by atoms with Crippen molar-refractivity contribution in [3.8, 4) is 0 Å². The Balaban J connectivity index is 0.00000108. The van der Waals surface area contributed by atoms with Gasteiger partial charge in [0.25, 0.3) is 0 Å². The van der Waals surface area contributed by atoms with Gasteiger partial charge >= 0.3 is 0 Å². The largest absolute Gasteiger partial charge is 1.00 e. The number of para-hydroxylation sites is 2. The van der Waals surface area contributed by atoms with Crippen LogP contribution in [0.4, 0.5) is 11.4 Å². The van der Waals surface area contributed by atoms with Crippen molar-refractivity contribution in [1.29, 1.82) is 0 Å². The lowest BCUT2D eigenvalue weighted by Crippen LogP contribution is -3.00. The average molecular weight is 656 g/mol. The van der Waals surface area contributed by atoms with Gasteiger partial charge < -0.3 is 50.9 Å². The van der Waals surface area contributed by atoms with Crippen molar-refractivity contribution < 1.29 is 48.6 Å². The first-order valence-corrected chi connectivity index (χ1v) is 12.7. The van der Waals surface area contributed by atoms with Gasteiger partial charge in [0, 0.05) is 46.6 Å². The molecular weight excluding hydrogens is 628 g/mol. The highest BCUT2D eigenvalue weighted by Gasteiger charge is 2.63. The third-order valence-corrected chi connectivity index (χ3v) is 8.77. The summed E-state index contributed by atoms with van der Waals surface area (Å²) in [5.41, 5.74) is 21.2. The Labute approximate surface area is 253 Å². The summed E-state index contributed by atoms with van der Waals surface area (Å²) in [5.74, 6) is 0. The molecule has 2 aromatic carbocycles. The van der Waals surface area contributed by atoms with Gasteiger partial charge in [0.15, 0.2) is 12.4 Å². The molecule has 0 aliphatic heterocycles. The molecular formula is C33H28Br2N4O. The number of hydrogen-bond acceptors (Lipinski definition) is 2. The topological polar surface area (TPSA) is 91.3 Å². The van der Waals surface area contributed by atoms with Crippen molar-refractivity contribution in [2.24, 2.45) is 0 Å². The summed E-state index contributed by atoms with van der Waals surface area (Å²) in [6.45, 7) is 0. The number of allylic oxidation sites excluding steroid dienone is 12. The van der Waals surface area contributed by atoms with E-state index >= 15 is 0 Å². The van der Waals surface area contributed by atoms with Gasteiger partial charge in [-0.1, -0.05) is 72.9 Å². The molecule has 8 rings (SSSR count). The van der Waals surface area contributed by atoms with Gasteiger partial charge in [-0.15, -0.1) is 0 Å². The molecule has 5 nitrogen and oxygen atoms in total. The van der Waals surface area contributed by atoms with Crippen LogP contribution in [0.15, 0.2) is 144 Å². The van der Waals surface area contributed by atoms with Gasteiger partial charge in [-0.2, -0.15) is 9.13 Å². The van der Waals surface area contributed by atoms with Crippen LogP contribution in [0, 0.1) is 0 Å². The maximum Gasteiger partial charge on any atom is 0.226 e. The van der Waals surface area contributed by atoms with E-state index in [9.17, 15) is 0 Å². The van der Waals surface area contributed by atoms with Crippen LogP contribution in [-0.2, 0) is 11.1 Å². The number of halogens is 2. The van der Waals surface area contributed by atoms with Crippen LogP contribution in [0.2, 0.25) is 0 Å². The first-order chi connectivity index (χ1) is 18.1. The zero-order chi connectivity index (χ0) is 24.8. The number of pyridine rings is 2. The molecule has 4 aliphatic rings. The molecule has 0 spiro atoms. The van der Waals surface area contributed by atoms with Crippen LogP contribution in [0.25, 0.3) is 21.8 Å². The first-order valence-electron chi connectivity index (χ1n) is 12.7. The molecule has 4 aromatic rings. The van der Waals surface area contributed by atoms with E-state index in [-0.39, 0.29) is 50.5 Å². The fraction of sp³-hybridized carbons (Fsp3) is 0.0909. The fourth-order valence-corrected chi connectivity index (χ4v) is 7.05. The molecule has 0 unspecified atom stereocenters. The smallest absolute Gasteiger partial charge is 0.226 e. The van der Waals surface area contributed by atoms with Crippen LogP contribution < -0.4 is 54.6 Å². The first kappa shape index (κ1) is 27.8. The molecule has 0 saturated heterocycles. The standard InChI is InChI=1S/C33H24N4.2BrH.H2O/c34-28-17-19-36(30-7-3-1-5-26(28)30)32(22-9-10-23(32)12-11-22)21-33(24-13-14-25(33)16-15-24)37-20-18-29(35)27-6-2-4-8-31(27)37;;;/h1-20,34-35H,21H2;2*1H;1H2. The molecule has 200 valence electrons. The van der Waals surface area contributed by atoms with Crippen LogP contribution in [0.5, 0.6) is 0 Å². The minimum Gasteiger partial charge on any atom is -1.00 e. The predicted octanol–water partition coefficient (Wildman–Crippen LogP) is -1.73. The molecule has 4 aliphatic carbocycles. The maximum absolute atomic E-state index is 6.46. The van der Waals surface area contributed by atoms with Crippen molar-refractivity contribution in [2.45, 2.75) is 17.5 Å². The number of aromatic nitrogens is 2. The lowest BCUT2D eigenvalue weighted by atomic mass is 9.73. The Kier molecular flexibility index (Phi) is 6.73. The highest BCUT2D eigenvalue weighted by Crippen LogP contribution is 2.54. The van der Waals surface area contributed by atoms with Crippen LogP contribution in [0.1, 0.15) is 6.42 Å². The van der Waals surface area contributed by atoms with Gasteiger partial charge in [0.05, 0.1) is 28.6 Å². The summed E-state index contributed by atoms with van der Waals surface area (Å²) < 4.78 is 4.90. The lowest BCUT2D eigenvalue weighted by Gasteiger charge is -2.34. The second-order valence-corrected chi connectivity index (χ2v) is 10.4. The Morgan fingerprint density at radius 1 is 0.525 bits per heavy atom. The summed E-state index contributed by atoms with van der Waals surface area (Å²) in [7, 11) is 0. The van der Waals surface area contributed by atoms with Gasteiger partial charge in [-0.3, -0.25) is 0 Å². The summed E-state index contributed by atoms with van der Waals surface area (Å²) in [6.07, 6.45) is 23.4. The monoisotopic (exact) mass is 654 g/mol. The summed E-state index contributed by atoms with van der Waals surface area (Å²) >= 11 is 0. The predicted molar refractivity (Wildman–Crippen MR) is 152 cm³/mol. The fourth-order valence-electron chi connectivity index (χ4n) is 7.05. The van der Waals surface area contributed by atoms with E-state index in [0.717, 1.165) is 39.6 Å². The minimum absolute atomic E-state index is 0. The minimum atomic E-state index is -0.378. The van der Waals surface area contributed by atoms with Gasteiger partial charge in [-0.05, 0) is 12.1 Å². The van der Waals surface area contributed by atoms with Gasteiger partial charge in [0.1, 0.15) is 0 Å². The SMILES string of the molecule is Nc1cc[n+](C2(CC3([n+]4ccc(N)c5ccccc54)C4=CC=C3C=C4)C3=CC=C2C=C3)c2ccccc12.O.[Br-].[Br-]. The Hall–Kier alpha value is -3.78. The second kappa shape index (κ2) is 9.70. The second-order valence-electron chi connectivity index (χ2n) is 10.4. The number of hydrogen-bond donors (Lipinski definition) is 2. The molecule has 7 heteroatoms. The van der Waals surface area contributed by atoms with Crippen LogP contribution in [-0.4, -0.2) is 5.48 Å². The lowest BCUT2D eigenvalue weighted by molar-refractivity contribution is -0.758. The molecule has 0 atom stereocenters. The van der Waals surface area contributed by atoms with Crippen molar-refractivity contribution in [3.05, 3.63) is 144 Å². The molecule has 4 bridgehead atoms. The average Bonchev–Trinajstić information content (AvgIpc) is 3.68. The summed E-state index contributed by atoms with van der Waals surface area (Å²) in [6, 6.07) is 21.0. The quantitative estimate of drug-likeness (QED) is 0.256. The third kappa shape index (κ3) is 3.35. The Morgan fingerprint density at radius 2 is 0.875 bits per heavy atom. The van der Waals surface area contributed by atoms with E-state index in [1.807, 2.05) is 12.1 Å². The van der Waals surface area contributed by atoms with Crippen LogP contribution >= 0.6 is 0 Å². The van der Waals surface area contributed by atoms with E-state index in [1.54, 1.807) is 0 Å². The molecule has 6 N–H and O–H groups in total. The van der Waals surface area contributed by atoms with Crippen molar-refractivity contribution in [1.82, 2.24) is 0 Å². The number of rotatable bonds is 4. The van der Waals surface area contributed by atoms with E-state index in [2.05, 4.69) is 119 Å². The molecule has 0 fully saturated rings. The number of fused-ring (bicyclic) bond motifs is 6. The molecule has 40 heavy (non-hydrogen) atoms. The zero-order valence-corrected chi connectivity index (χ0v) is 24.7. The highest BCUT2D eigenvalue weighted by molar-refractivity contribution is 5.88. The molecule has 0 saturated carbocycles. The maximum atomic E-state index is 6.46. The zero-order valence-electron chi connectivity index (χ0n) is 21.6. The van der Waals surface area contributed by atoms with E-state index in [4.69, 9.17) is 11.5 Å². The number of nitrogens with two attached hydrogens (primary N) is 2. The highest BCUT2D eigenvalue weighted by atomic mass is 79.9. The summed E-state index contributed by atoms with van der Waals surface area (Å²) in [4.78, 5) is 0. The van der Waals surface area contributed by atoms with Crippen molar-refractivity contribution in [3.63, 3.8) is 0 Å². The van der Waals surface area contributed by atoms with Crippen LogP contribution in [0.3, 0.4) is 0 Å². The molecule has 2 aromatic heterocycles. The number of anilines is 2. The van der Waals surface area contributed by atoms with E-state index in [0.29, 0.717) is 0 Å². The Bertz CT molecular complexity index is 1720. The Morgan fingerprint density at radius 3 is 1.23 bits per heavy atom. The van der Waals surface area contributed by atoms with E-state index in [1.165, 1.54) is 22.3 Å². The van der Waals surface area contributed by atoms with Crippen molar-refractivity contribution in [2.75, 3.05) is 11.5 Å². The van der Waals surface area contributed by atoms with E-state index < -0.39 is 0 Å². The third-order valence-electron chi connectivity index (χ3n) is 8.77. The molecule has 0 amide bonds. The van der Waals surface area contributed by atoms with Gasteiger partial charge in [0.2, 0.25) is 22.1 Å². The summed E-state index contributed by atoms with van der Waals surface area (Å²) in [5, 5.41) is 2.14. The number of nitrogen functional groups attached to an aromatic ring is 2. The van der Waals surface area contributed by atoms with Crippen molar-refractivity contribution >= 4 is 33.2 Å². The van der Waals surface area contributed by atoms with Gasteiger partial charge in [-0.25, -0.2) is 0 Å². The normalized spacial score (nSPS) is 18.0.